The fourth-order valence-corrected chi connectivity index (χ4v) is 5.16. The van der Waals surface area contributed by atoms with Gasteiger partial charge in [0.15, 0.2) is 0 Å². The van der Waals surface area contributed by atoms with Crippen LogP contribution in [-0.2, 0) is 11.3 Å². The molecule has 2 aliphatic heterocycles. The van der Waals surface area contributed by atoms with E-state index in [1.807, 2.05) is 30.3 Å². The lowest BCUT2D eigenvalue weighted by Crippen LogP contribution is -2.52. The molecule has 2 aliphatic rings. The number of piperazine rings is 1. The van der Waals surface area contributed by atoms with Gasteiger partial charge in [0.2, 0.25) is 0 Å². The van der Waals surface area contributed by atoms with Gasteiger partial charge in [0, 0.05) is 49.7 Å². The van der Waals surface area contributed by atoms with Crippen molar-refractivity contribution in [2.24, 2.45) is 0 Å². The van der Waals surface area contributed by atoms with Crippen LogP contribution in [0.1, 0.15) is 22.8 Å². The molecule has 186 valence electrons. The molecule has 0 radical (unpaired) electrons. The Balaban J connectivity index is 1.24. The van der Waals surface area contributed by atoms with Crippen LogP contribution >= 0.6 is 0 Å². The van der Waals surface area contributed by atoms with Crippen LogP contribution in [-0.4, -0.2) is 65.4 Å². The lowest BCUT2D eigenvalue weighted by Gasteiger charge is -2.37. The van der Waals surface area contributed by atoms with Crippen LogP contribution in [0.25, 0.3) is 11.1 Å². The number of benzene rings is 3. The van der Waals surface area contributed by atoms with Crippen molar-refractivity contribution in [2.75, 3.05) is 36.0 Å². The minimum absolute atomic E-state index is 0.207. The summed E-state index contributed by atoms with van der Waals surface area (Å²) in [6.07, 6.45) is -1.12. The molecule has 3 N–H and O–H groups in total. The van der Waals surface area contributed by atoms with Gasteiger partial charge in [-0.3, -0.25) is 14.8 Å². The molecule has 2 atom stereocenters. The number of rotatable bonds is 6. The number of fused-ring (bicyclic) bond motifs is 1. The van der Waals surface area contributed by atoms with Crippen LogP contribution in [0.3, 0.4) is 0 Å². The lowest BCUT2D eigenvalue weighted by atomic mass is 10.1. The van der Waals surface area contributed by atoms with Crippen molar-refractivity contribution in [2.45, 2.75) is 25.6 Å². The number of carbonyl (C=O) groups is 2. The van der Waals surface area contributed by atoms with Crippen LogP contribution in [0, 0.1) is 0 Å². The first kappa shape index (κ1) is 23.8. The first-order valence-corrected chi connectivity index (χ1v) is 12.2. The second-order valence-electron chi connectivity index (χ2n) is 9.32. The Labute approximate surface area is 210 Å². The molecular weight excluding hydrogens is 456 g/mol. The lowest BCUT2D eigenvalue weighted by molar-refractivity contribution is -0.137. The Morgan fingerprint density at radius 2 is 1.44 bits per heavy atom. The van der Waals surface area contributed by atoms with Crippen molar-refractivity contribution in [1.29, 1.82) is 0 Å². The van der Waals surface area contributed by atoms with Gasteiger partial charge in [-0.1, -0.05) is 42.5 Å². The third-order valence-corrected chi connectivity index (χ3v) is 7.08. The number of anilines is 2. The summed E-state index contributed by atoms with van der Waals surface area (Å²) in [5.74, 6) is -1.13. The van der Waals surface area contributed by atoms with Crippen molar-refractivity contribution in [1.82, 2.24) is 10.4 Å². The third-order valence-electron chi connectivity index (χ3n) is 7.08. The molecule has 1 fully saturated rings. The smallest absolute Gasteiger partial charge is 0.268 e. The van der Waals surface area contributed by atoms with Crippen LogP contribution in [0.2, 0.25) is 0 Å². The van der Waals surface area contributed by atoms with Crippen molar-refractivity contribution in [3.05, 3.63) is 83.9 Å². The summed E-state index contributed by atoms with van der Waals surface area (Å²) < 4.78 is 0. The van der Waals surface area contributed by atoms with E-state index in [1.165, 1.54) is 28.6 Å². The highest BCUT2D eigenvalue weighted by atomic mass is 16.5. The van der Waals surface area contributed by atoms with Crippen LogP contribution < -0.4 is 15.3 Å². The standard InChI is InChI=1S/C28H30N4O4/c1-19(33)26(27(34)29-36)32-18-22-17-24(11-12-25(22)28(32)35)31-15-13-30(14-16-31)23-9-7-21(8-10-23)20-5-3-2-4-6-20/h2-12,17,19,26,33,36H,13-16,18H2,1H3,(H,29,34)/t19-,26+/m1/s1. The zero-order valence-corrected chi connectivity index (χ0v) is 20.2. The van der Waals surface area contributed by atoms with Gasteiger partial charge in [0.1, 0.15) is 6.04 Å². The van der Waals surface area contributed by atoms with Gasteiger partial charge >= 0.3 is 0 Å². The van der Waals surface area contributed by atoms with E-state index in [2.05, 4.69) is 46.2 Å². The Bertz CT molecular complexity index is 1240. The van der Waals surface area contributed by atoms with Crippen LogP contribution in [0.5, 0.6) is 0 Å². The molecule has 3 aromatic rings. The number of aliphatic hydroxyl groups is 1. The number of hydrogen-bond acceptors (Lipinski definition) is 6. The Morgan fingerprint density at radius 1 is 0.861 bits per heavy atom. The number of nitrogens with zero attached hydrogens (tertiary/aromatic N) is 3. The quantitative estimate of drug-likeness (QED) is 0.366. The van der Waals surface area contributed by atoms with Crippen LogP contribution in [0.4, 0.5) is 11.4 Å². The maximum Gasteiger partial charge on any atom is 0.268 e. The zero-order chi connectivity index (χ0) is 25.2. The van der Waals surface area contributed by atoms with Crippen molar-refractivity contribution in [3.8, 4) is 11.1 Å². The molecule has 0 aliphatic carbocycles. The molecule has 36 heavy (non-hydrogen) atoms. The summed E-state index contributed by atoms with van der Waals surface area (Å²) in [7, 11) is 0. The molecule has 2 heterocycles. The van der Waals surface area contributed by atoms with Gasteiger partial charge in [-0.2, -0.15) is 0 Å². The minimum Gasteiger partial charge on any atom is -0.391 e. The SMILES string of the molecule is C[C@@H](O)[C@@H](C(=O)NO)N1Cc2cc(N3CCN(c4ccc(-c5ccccc5)cc4)CC3)ccc2C1=O. The van der Waals surface area contributed by atoms with Gasteiger partial charge in [0.25, 0.3) is 11.8 Å². The third kappa shape index (κ3) is 4.53. The Morgan fingerprint density at radius 3 is 2.06 bits per heavy atom. The van der Waals surface area contributed by atoms with Gasteiger partial charge in [0.05, 0.1) is 6.10 Å². The van der Waals surface area contributed by atoms with E-state index in [0.29, 0.717) is 5.56 Å². The zero-order valence-electron chi connectivity index (χ0n) is 20.2. The molecule has 2 amide bonds. The molecule has 0 spiro atoms. The normalized spacial score (nSPS) is 17.1. The number of hydrogen-bond donors (Lipinski definition) is 3. The van der Waals surface area contributed by atoms with Crippen LogP contribution in [0.15, 0.2) is 72.8 Å². The summed E-state index contributed by atoms with van der Waals surface area (Å²) in [4.78, 5) is 30.9. The maximum atomic E-state index is 12.9. The van der Waals surface area contributed by atoms with Crippen molar-refractivity contribution < 1.29 is 19.9 Å². The molecule has 1 saturated heterocycles. The van der Waals surface area contributed by atoms with Gasteiger partial charge < -0.3 is 19.8 Å². The number of nitrogens with one attached hydrogen (secondary N) is 1. The number of aliphatic hydroxyl groups excluding tert-OH is 1. The Hall–Kier alpha value is -3.88. The monoisotopic (exact) mass is 486 g/mol. The average Bonchev–Trinajstić information content (AvgIpc) is 3.24. The van der Waals surface area contributed by atoms with Gasteiger partial charge in [-0.15, -0.1) is 0 Å². The summed E-state index contributed by atoms with van der Waals surface area (Å²) in [6.45, 7) is 5.09. The highest BCUT2D eigenvalue weighted by Crippen LogP contribution is 2.31. The molecule has 5 rings (SSSR count). The number of amides is 2. The van der Waals surface area contributed by atoms with E-state index in [1.54, 1.807) is 11.5 Å². The van der Waals surface area contributed by atoms with Crippen molar-refractivity contribution in [3.63, 3.8) is 0 Å². The first-order chi connectivity index (χ1) is 17.5. The number of carbonyl (C=O) groups excluding carboxylic acids is 2. The topological polar surface area (TPSA) is 96.3 Å². The van der Waals surface area contributed by atoms with E-state index >= 15 is 0 Å². The molecule has 8 nitrogen and oxygen atoms in total. The molecule has 8 heteroatoms. The first-order valence-electron chi connectivity index (χ1n) is 12.2. The Kier molecular flexibility index (Phi) is 6.63. The molecular formula is C28H30N4O4. The fourth-order valence-electron chi connectivity index (χ4n) is 5.16. The predicted octanol–water partition coefficient (Wildman–Crippen LogP) is 2.89. The van der Waals surface area contributed by atoms with Gasteiger partial charge in [-0.05, 0) is 53.9 Å². The molecule has 0 unspecified atom stereocenters. The van der Waals surface area contributed by atoms with E-state index in [9.17, 15) is 14.7 Å². The summed E-state index contributed by atoms with van der Waals surface area (Å²) >= 11 is 0. The number of hydroxylamine groups is 1. The average molecular weight is 487 g/mol. The fraction of sp³-hybridized carbons (Fsp3) is 0.286. The van der Waals surface area contributed by atoms with E-state index < -0.39 is 18.1 Å². The summed E-state index contributed by atoms with van der Waals surface area (Å²) in [5, 5.41) is 19.1. The van der Waals surface area contributed by atoms with E-state index in [4.69, 9.17) is 5.21 Å². The molecule has 0 aromatic heterocycles. The molecule has 3 aromatic carbocycles. The highest BCUT2D eigenvalue weighted by molar-refractivity contribution is 6.01. The minimum atomic E-state index is -1.16. The van der Waals surface area contributed by atoms with E-state index in [0.717, 1.165) is 37.4 Å². The molecule has 0 saturated carbocycles. The second-order valence-corrected chi connectivity index (χ2v) is 9.32. The maximum absolute atomic E-state index is 12.9. The van der Waals surface area contributed by atoms with Gasteiger partial charge in [-0.25, -0.2) is 5.48 Å². The van der Waals surface area contributed by atoms with Crippen molar-refractivity contribution >= 4 is 23.2 Å². The highest BCUT2D eigenvalue weighted by Gasteiger charge is 2.39. The summed E-state index contributed by atoms with van der Waals surface area (Å²) in [6, 6.07) is 23.6. The molecule has 0 bridgehead atoms. The van der Waals surface area contributed by atoms with E-state index in [-0.39, 0.29) is 12.5 Å². The second kappa shape index (κ2) is 10.0. The summed E-state index contributed by atoms with van der Waals surface area (Å²) in [5.41, 5.74) is 7.54. The largest absolute Gasteiger partial charge is 0.391 e. The predicted molar refractivity (Wildman–Crippen MR) is 138 cm³/mol.